The number of aryl methyl sites for hydroxylation is 2. The smallest absolute Gasteiger partial charge is 0.137 e. The van der Waals surface area contributed by atoms with Crippen LogP contribution in [0, 0.1) is 13.8 Å². The number of hydrogen-bond acceptors (Lipinski definition) is 3. The molecule has 1 heterocycles. The molecule has 0 saturated heterocycles. The third kappa shape index (κ3) is 2.31. The van der Waals surface area contributed by atoms with E-state index in [9.17, 15) is 0 Å². The van der Waals surface area contributed by atoms with Gasteiger partial charge in [0.05, 0.1) is 5.69 Å². The van der Waals surface area contributed by atoms with Crippen molar-refractivity contribution >= 4 is 0 Å². The lowest BCUT2D eigenvalue weighted by Crippen LogP contribution is -2.38. The van der Waals surface area contributed by atoms with Crippen LogP contribution in [0.5, 0.6) is 0 Å². The molecule has 0 aromatic carbocycles. The average Bonchev–Trinajstić information content (AvgIpc) is 2.36. The summed E-state index contributed by atoms with van der Waals surface area (Å²) in [6.07, 6.45) is 0.949. The Balaban J connectivity index is 2.85. The van der Waals surface area contributed by atoms with Gasteiger partial charge in [-0.25, -0.2) is 0 Å². The monoisotopic (exact) mass is 182 g/mol. The predicted octanol–water partition coefficient (Wildman–Crippen LogP) is 1.83. The zero-order chi connectivity index (χ0) is 10.1. The van der Waals surface area contributed by atoms with Crippen molar-refractivity contribution in [2.24, 2.45) is 0 Å². The Kier molecular flexibility index (Phi) is 2.76. The largest absolute Gasteiger partial charge is 0.361 e. The molecular formula is C10H18N2O. The third-order valence-corrected chi connectivity index (χ3v) is 2.48. The normalized spacial score (nSPS) is 12.1. The van der Waals surface area contributed by atoms with Gasteiger partial charge in [-0.1, -0.05) is 5.16 Å². The van der Waals surface area contributed by atoms with Crippen LogP contribution in [-0.2, 0) is 6.42 Å². The highest BCUT2D eigenvalue weighted by Crippen LogP contribution is 2.18. The van der Waals surface area contributed by atoms with Gasteiger partial charge in [0.15, 0.2) is 0 Å². The summed E-state index contributed by atoms with van der Waals surface area (Å²) in [6.45, 7) is 8.27. The van der Waals surface area contributed by atoms with E-state index in [1.54, 1.807) is 0 Å². The molecule has 74 valence electrons. The van der Waals surface area contributed by atoms with Gasteiger partial charge >= 0.3 is 0 Å². The Hall–Kier alpha value is -0.830. The molecule has 1 rings (SSSR count). The predicted molar refractivity (Wildman–Crippen MR) is 52.8 cm³/mol. The molecule has 0 unspecified atom stereocenters. The SMILES string of the molecule is CNC(C)(C)Cc1c(C)noc1C. The lowest BCUT2D eigenvalue weighted by Gasteiger charge is -2.23. The van der Waals surface area contributed by atoms with Gasteiger partial charge in [-0.15, -0.1) is 0 Å². The molecule has 3 heteroatoms. The van der Waals surface area contributed by atoms with Crippen molar-refractivity contribution in [3.05, 3.63) is 17.0 Å². The molecule has 0 saturated carbocycles. The number of rotatable bonds is 3. The molecule has 0 radical (unpaired) electrons. The number of nitrogens with one attached hydrogen (secondary N) is 1. The van der Waals surface area contributed by atoms with Crippen molar-refractivity contribution in [2.45, 2.75) is 39.7 Å². The summed E-state index contributed by atoms with van der Waals surface area (Å²) in [5.74, 6) is 0.931. The van der Waals surface area contributed by atoms with Gasteiger partial charge in [-0.2, -0.15) is 0 Å². The van der Waals surface area contributed by atoms with E-state index in [1.165, 1.54) is 5.56 Å². The molecule has 13 heavy (non-hydrogen) atoms. The Morgan fingerprint density at radius 3 is 2.38 bits per heavy atom. The van der Waals surface area contributed by atoms with Gasteiger partial charge < -0.3 is 9.84 Å². The minimum Gasteiger partial charge on any atom is -0.361 e. The number of nitrogens with zero attached hydrogens (tertiary/aromatic N) is 1. The minimum atomic E-state index is 0.0983. The van der Waals surface area contributed by atoms with Crippen molar-refractivity contribution in [3.8, 4) is 0 Å². The molecular weight excluding hydrogens is 164 g/mol. The van der Waals surface area contributed by atoms with Crippen LogP contribution in [0.15, 0.2) is 4.52 Å². The number of hydrogen-bond donors (Lipinski definition) is 1. The maximum Gasteiger partial charge on any atom is 0.137 e. The van der Waals surface area contributed by atoms with Gasteiger partial charge in [0, 0.05) is 11.1 Å². The quantitative estimate of drug-likeness (QED) is 0.775. The van der Waals surface area contributed by atoms with Crippen molar-refractivity contribution in [2.75, 3.05) is 7.05 Å². The second-order valence-corrected chi connectivity index (χ2v) is 4.11. The maximum absolute atomic E-state index is 5.11. The standard InChI is InChI=1S/C10H18N2O/c1-7-9(8(2)13-12-7)6-10(3,4)11-5/h11H,6H2,1-5H3. The molecule has 0 atom stereocenters. The van der Waals surface area contributed by atoms with Gasteiger partial charge in [0.2, 0.25) is 0 Å². The number of aromatic nitrogens is 1. The van der Waals surface area contributed by atoms with E-state index in [1.807, 2.05) is 20.9 Å². The molecule has 0 bridgehead atoms. The van der Waals surface area contributed by atoms with Crippen molar-refractivity contribution < 1.29 is 4.52 Å². The summed E-state index contributed by atoms with van der Waals surface area (Å²) < 4.78 is 5.11. The first kappa shape index (κ1) is 10.3. The van der Waals surface area contributed by atoms with Crippen molar-refractivity contribution in [1.82, 2.24) is 10.5 Å². The second kappa shape index (κ2) is 3.50. The maximum atomic E-state index is 5.11. The summed E-state index contributed by atoms with van der Waals surface area (Å²) in [4.78, 5) is 0. The molecule has 0 amide bonds. The van der Waals surface area contributed by atoms with Crippen LogP contribution in [0.1, 0.15) is 30.9 Å². The molecule has 3 nitrogen and oxygen atoms in total. The fraction of sp³-hybridized carbons (Fsp3) is 0.700. The van der Waals surface area contributed by atoms with Crippen LogP contribution in [0.2, 0.25) is 0 Å². The molecule has 0 spiro atoms. The van der Waals surface area contributed by atoms with Gasteiger partial charge in [-0.3, -0.25) is 0 Å². The minimum absolute atomic E-state index is 0.0983. The molecule has 0 aliphatic carbocycles. The van der Waals surface area contributed by atoms with E-state index in [0.29, 0.717) is 0 Å². The van der Waals surface area contributed by atoms with Gasteiger partial charge in [-0.05, 0) is 41.2 Å². The average molecular weight is 182 g/mol. The first-order chi connectivity index (χ1) is 5.96. The highest BCUT2D eigenvalue weighted by molar-refractivity contribution is 5.23. The van der Waals surface area contributed by atoms with Crippen LogP contribution in [0.3, 0.4) is 0 Å². The summed E-state index contributed by atoms with van der Waals surface area (Å²) >= 11 is 0. The lowest BCUT2D eigenvalue weighted by atomic mass is 9.94. The van der Waals surface area contributed by atoms with E-state index < -0.39 is 0 Å². The van der Waals surface area contributed by atoms with E-state index in [-0.39, 0.29) is 5.54 Å². The van der Waals surface area contributed by atoms with Gasteiger partial charge in [0.1, 0.15) is 5.76 Å². The molecule has 0 aliphatic heterocycles. The zero-order valence-corrected chi connectivity index (χ0v) is 9.06. The van der Waals surface area contributed by atoms with E-state index in [0.717, 1.165) is 17.9 Å². The summed E-state index contributed by atoms with van der Waals surface area (Å²) in [5, 5.41) is 7.20. The molecule has 1 aromatic heterocycles. The first-order valence-corrected chi connectivity index (χ1v) is 4.57. The van der Waals surface area contributed by atoms with Crippen molar-refractivity contribution in [1.29, 1.82) is 0 Å². The Labute approximate surface area is 79.5 Å². The molecule has 1 N–H and O–H groups in total. The van der Waals surface area contributed by atoms with Gasteiger partial charge in [0.25, 0.3) is 0 Å². The van der Waals surface area contributed by atoms with E-state index in [2.05, 4.69) is 24.3 Å². The molecule has 0 fully saturated rings. The van der Waals surface area contributed by atoms with Crippen LogP contribution < -0.4 is 5.32 Å². The number of likely N-dealkylation sites (N-methyl/N-ethyl adjacent to an activating group) is 1. The van der Waals surface area contributed by atoms with E-state index >= 15 is 0 Å². The summed E-state index contributed by atoms with van der Waals surface area (Å²) in [5.41, 5.74) is 2.32. The summed E-state index contributed by atoms with van der Waals surface area (Å²) in [6, 6.07) is 0. The summed E-state index contributed by atoms with van der Waals surface area (Å²) in [7, 11) is 1.97. The third-order valence-electron chi connectivity index (χ3n) is 2.48. The zero-order valence-electron chi connectivity index (χ0n) is 9.06. The topological polar surface area (TPSA) is 38.1 Å². The van der Waals surface area contributed by atoms with Crippen LogP contribution in [0.4, 0.5) is 0 Å². The Morgan fingerprint density at radius 1 is 1.38 bits per heavy atom. The lowest BCUT2D eigenvalue weighted by molar-refractivity contribution is 0.386. The van der Waals surface area contributed by atoms with Crippen LogP contribution in [0.25, 0.3) is 0 Å². The van der Waals surface area contributed by atoms with Crippen molar-refractivity contribution in [3.63, 3.8) is 0 Å². The molecule has 0 aliphatic rings. The van der Waals surface area contributed by atoms with Crippen LogP contribution >= 0.6 is 0 Å². The highest BCUT2D eigenvalue weighted by Gasteiger charge is 2.20. The highest BCUT2D eigenvalue weighted by atomic mass is 16.5. The van der Waals surface area contributed by atoms with Crippen LogP contribution in [-0.4, -0.2) is 17.7 Å². The molecule has 1 aromatic rings. The second-order valence-electron chi connectivity index (χ2n) is 4.11. The Bertz CT molecular complexity index is 270. The fourth-order valence-electron chi connectivity index (χ4n) is 1.28. The van der Waals surface area contributed by atoms with E-state index in [4.69, 9.17) is 4.52 Å². The Morgan fingerprint density at radius 2 is 2.00 bits per heavy atom. The first-order valence-electron chi connectivity index (χ1n) is 4.57. The fourth-order valence-corrected chi connectivity index (χ4v) is 1.28.